The minimum atomic E-state index is 0.573. The van der Waals surface area contributed by atoms with Gasteiger partial charge in [-0.25, -0.2) is 0 Å². The molecule has 19 heavy (non-hydrogen) atoms. The third-order valence-corrected chi connectivity index (χ3v) is 2.88. The number of benzene rings is 1. The predicted molar refractivity (Wildman–Crippen MR) is 72.0 cm³/mol. The fourth-order valence-corrected chi connectivity index (χ4v) is 1.98. The summed E-state index contributed by atoms with van der Waals surface area (Å²) in [5.74, 6) is 0. The summed E-state index contributed by atoms with van der Waals surface area (Å²) in [6.07, 6.45) is 3.41. The summed E-state index contributed by atoms with van der Waals surface area (Å²) >= 11 is 0. The lowest BCUT2D eigenvalue weighted by molar-refractivity contribution is 1.10. The van der Waals surface area contributed by atoms with Crippen LogP contribution < -0.4 is 0 Å². The monoisotopic (exact) mass is 246 g/mol. The van der Waals surface area contributed by atoms with E-state index in [2.05, 4.69) is 21.3 Å². The number of aromatic nitrogens is 3. The van der Waals surface area contributed by atoms with Crippen molar-refractivity contribution in [1.82, 2.24) is 15.2 Å². The Morgan fingerprint density at radius 3 is 2.68 bits per heavy atom. The minimum absolute atomic E-state index is 0.573. The van der Waals surface area contributed by atoms with Gasteiger partial charge in [-0.2, -0.15) is 10.4 Å². The minimum Gasteiger partial charge on any atom is -0.278 e. The van der Waals surface area contributed by atoms with Crippen molar-refractivity contribution in [2.75, 3.05) is 0 Å². The van der Waals surface area contributed by atoms with Gasteiger partial charge in [-0.1, -0.05) is 18.2 Å². The molecule has 0 atom stereocenters. The average molecular weight is 246 g/mol. The van der Waals surface area contributed by atoms with Gasteiger partial charge < -0.3 is 0 Å². The number of hydrogen-bond acceptors (Lipinski definition) is 3. The first kappa shape index (κ1) is 11.2. The third kappa shape index (κ3) is 2.09. The quantitative estimate of drug-likeness (QED) is 0.755. The average Bonchev–Trinajstić information content (AvgIpc) is 3.01. The number of pyridine rings is 1. The second-order valence-electron chi connectivity index (χ2n) is 4.06. The zero-order valence-corrected chi connectivity index (χ0v) is 10.0. The number of nitriles is 1. The van der Waals surface area contributed by atoms with E-state index in [1.807, 2.05) is 30.3 Å². The molecule has 0 unspecified atom stereocenters. The third-order valence-electron chi connectivity index (χ3n) is 2.88. The molecule has 0 spiro atoms. The molecule has 0 aliphatic heterocycles. The van der Waals surface area contributed by atoms with Gasteiger partial charge in [0.25, 0.3) is 0 Å². The lowest BCUT2D eigenvalue weighted by Crippen LogP contribution is -1.89. The highest BCUT2D eigenvalue weighted by atomic mass is 15.1. The zero-order valence-electron chi connectivity index (χ0n) is 10.0. The Balaban J connectivity index is 2.12. The number of nitrogens with zero attached hydrogens (tertiary/aromatic N) is 3. The molecular weight excluding hydrogens is 236 g/mol. The van der Waals surface area contributed by atoms with E-state index in [0.717, 1.165) is 16.8 Å². The van der Waals surface area contributed by atoms with E-state index in [0.29, 0.717) is 11.3 Å². The topological polar surface area (TPSA) is 65.4 Å². The summed E-state index contributed by atoms with van der Waals surface area (Å²) in [6.45, 7) is 0. The van der Waals surface area contributed by atoms with Gasteiger partial charge >= 0.3 is 0 Å². The molecule has 4 heteroatoms. The zero-order chi connectivity index (χ0) is 13.1. The summed E-state index contributed by atoms with van der Waals surface area (Å²) in [5, 5.41) is 16.0. The number of rotatable bonds is 2. The number of aromatic amines is 1. The van der Waals surface area contributed by atoms with Crippen molar-refractivity contribution in [3.05, 3.63) is 60.4 Å². The maximum Gasteiger partial charge on any atom is 0.101 e. The molecule has 3 aromatic rings. The normalized spacial score (nSPS) is 10.1. The van der Waals surface area contributed by atoms with E-state index in [1.165, 1.54) is 0 Å². The van der Waals surface area contributed by atoms with Crippen molar-refractivity contribution in [2.45, 2.75) is 0 Å². The van der Waals surface area contributed by atoms with Crippen molar-refractivity contribution in [2.24, 2.45) is 0 Å². The molecule has 0 radical (unpaired) electrons. The van der Waals surface area contributed by atoms with Gasteiger partial charge in [0.05, 0.1) is 17.0 Å². The Morgan fingerprint density at radius 1 is 1.00 bits per heavy atom. The van der Waals surface area contributed by atoms with Crippen molar-refractivity contribution >= 4 is 0 Å². The molecule has 2 heterocycles. The van der Waals surface area contributed by atoms with E-state index in [1.54, 1.807) is 24.5 Å². The molecule has 0 amide bonds. The summed E-state index contributed by atoms with van der Waals surface area (Å²) in [5.41, 5.74) is 4.15. The Bertz CT molecular complexity index is 739. The summed E-state index contributed by atoms with van der Waals surface area (Å²) < 4.78 is 0. The number of hydrogen-bond donors (Lipinski definition) is 1. The van der Waals surface area contributed by atoms with Crippen LogP contribution in [0.5, 0.6) is 0 Å². The van der Waals surface area contributed by atoms with E-state index < -0.39 is 0 Å². The van der Waals surface area contributed by atoms with Crippen molar-refractivity contribution in [3.63, 3.8) is 0 Å². The first-order valence-corrected chi connectivity index (χ1v) is 5.84. The van der Waals surface area contributed by atoms with Gasteiger partial charge in [-0.15, -0.1) is 0 Å². The van der Waals surface area contributed by atoms with E-state index >= 15 is 0 Å². The number of H-pyrrole nitrogens is 1. The van der Waals surface area contributed by atoms with Crippen molar-refractivity contribution < 1.29 is 0 Å². The molecule has 0 aliphatic carbocycles. The van der Waals surface area contributed by atoms with Gasteiger partial charge in [-0.05, 0) is 24.3 Å². The first-order chi connectivity index (χ1) is 9.38. The Morgan fingerprint density at radius 2 is 1.89 bits per heavy atom. The van der Waals surface area contributed by atoms with E-state index in [-0.39, 0.29) is 0 Å². The van der Waals surface area contributed by atoms with Crippen LogP contribution in [0.3, 0.4) is 0 Å². The van der Waals surface area contributed by atoms with Crippen LogP contribution in [0.25, 0.3) is 22.5 Å². The molecular formula is C15H10N4. The second kappa shape index (κ2) is 4.75. The van der Waals surface area contributed by atoms with Gasteiger partial charge in [0.1, 0.15) is 6.07 Å². The van der Waals surface area contributed by atoms with E-state index in [4.69, 9.17) is 5.26 Å². The van der Waals surface area contributed by atoms with Crippen molar-refractivity contribution in [1.29, 1.82) is 5.26 Å². The van der Waals surface area contributed by atoms with Crippen LogP contribution >= 0.6 is 0 Å². The summed E-state index contributed by atoms with van der Waals surface area (Å²) in [4.78, 5) is 4.29. The lowest BCUT2D eigenvalue weighted by atomic mass is 10.0. The van der Waals surface area contributed by atoms with Crippen LogP contribution in [-0.4, -0.2) is 15.2 Å². The second-order valence-corrected chi connectivity index (χ2v) is 4.06. The highest BCUT2D eigenvalue weighted by Gasteiger charge is 2.07. The molecule has 0 bridgehead atoms. The SMILES string of the molecule is N#Cc1cccnc1-c1cccc(-c2ccn[nH]2)c1. The Hall–Kier alpha value is -2.93. The highest BCUT2D eigenvalue weighted by Crippen LogP contribution is 2.25. The van der Waals surface area contributed by atoms with Crippen LogP contribution in [-0.2, 0) is 0 Å². The molecule has 0 fully saturated rings. The molecule has 0 saturated heterocycles. The van der Waals surface area contributed by atoms with E-state index in [9.17, 15) is 0 Å². The van der Waals surface area contributed by atoms with Gasteiger partial charge in [0.2, 0.25) is 0 Å². The lowest BCUT2D eigenvalue weighted by Gasteiger charge is -2.05. The largest absolute Gasteiger partial charge is 0.278 e. The van der Waals surface area contributed by atoms with Gasteiger partial charge in [0, 0.05) is 23.5 Å². The molecule has 0 saturated carbocycles. The molecule has 4 nitrogen and oxygen atoms in total. The molecule has 2 aromatic heterocycles. The molecule has 90 valence electrons. The molecule has 1 aromatic carbocycles. The van der Waals surface area contributed by atoms with Crippen LogP contribution in [0.1, 0.15) is 5.56 Å². The highest BCUT2D eigenvalue weighted by molar-refractivity contribution is 5.72. The maximum atomic E-state index is 9.13. The smallest absolute Gasteiger partial charge is 0.101 e. The molecule has 1 N–H and O–H groups in total. The van der Waals surface area contributed by atoms with Crippen LogP contribution in [0.15, 0.2) is 54.9 Å². The number of nitrogens with one attached hydrogen (secondary N) is 1. The standard InChI is InChI=1S/C15H10N4/c16-10-13-5-2-7-17-15(13)12-4-1-3-11(9-12)14-6-8-18-19-14/h1-9H,(H,18,19). The Kier molecular flexibility index (Phi) is 2.79. The fraction of sp³-hybridized carbons (Fsp3) is 0. The Labute approximate surface area is 110 Å². The van der Waals surface area contributed by atoms with Crippen molar-refractivity contribution in [3.8, 4) is 28.6 Å². The first-order valence-electron chi connectivity index (χ1n) is 5.84. The van der Waals surface area contributed by atoms with Crippen LogP contribution in [0.4, 0.5) is 0 Å². The summed E-state index contributed by atoms with van der Waals surface area (Å²) in [6, 6.07) is 15.5. The molecule has 0 aliphatic rings. The summed E-state index contributed by atoms with van der Waals surface area (Å²) in [7, 11) is 0. The van der Waals surface area contributed by atoms with Gasteiger partial charge in [0.15, 0.2) is 0 Å². The van der Waals surface area contributed by atoms with Crippen LogP contribution in [0.2, 0.25) is 0 Å². The predicted octanol–water partition coefficient (Wildman–Crippen LogP) is 3.01. The van der Waals surface area contributed by atoms with Crippen LogP contribution in [0, 0.1) is 11.3 Å². The van der Waals surface area contributed by atoms with Gasteiger partial charge in [-0.3, -0.25) is 10.1 Å². The fourth-order valence-electron chi connectivity index (χ4n) is 1.98. The maximum absolute atomic E-state index is 9.13. The molecule has 3 rings (SSSR count).